The maximum atomic E-state index is 11.9. The van der Waals surface area contributed by atoms with E-state index in [-0.39, 0.29) is 5.91 Å². The van der Waals surface area contributed by atoms with Crippen molar-refractivity contribution in [1.29, 1.82) is 0 Å². The van der Waals surface area contributed by atoms with Crippen LogP contribution in [0.4, 0.5) is 0 Å². The number of pyridine rings is 1. The fraction of sp³-hybridized carbons (Fsp3) is 0.0588. The Morgan fingerprint density at radius 2 is 2.04 bits per heavy atom. The van der Waals surface area contributed by atoms with Crippen molar-refractivity contribution in [3.05, 3.63) is 78.5 Å². The highest BCUT2D eigenvalue weighted by atomic mass is 16.1. The summed E-state index contributed by atoms with van der Waals surface area (Å²) in [5.74, 6) is 0.486. The molecule has 0 unspecified atom stereocenters. The van der Waals surface area contributed by atoms with Crippen LogP contribution in [-0.4, -0.2) is 25.7 Å². The quantitative estimate of drug-likeness (QED) is 0.732. The van der Waals surface area contributed by atoms with Gasteiger partial charge in [0.15, 0.2) is 5.82 Å². The molecule has 0 radical (unpaired) electrons. The number of rotatable bonds is 5. The number of aromatic nitrogens is 4. The van der Waals surface area contributed by atoms with Crippen LogP contribution in [0.25, 0.3) is 11.9 Å². The average Bonchev–Trinajstić information content (AvgIpc) is 3.14. The van der Waals surface area contributed by atoms with Gasteiger partial charge in [0.25, 0.3) is 0 Å². The van der Waals surface area contributed by atoms with Crippen molar-refractivity contribution >= 4 is 12.0 Å². The lowest BCUT2D eigenvalue weighted by Crippen LogP contribution is -2.21. The predicted molar refractivity (Wildman–Crippen MR) is 86.5 cm³/mol. The van der Waals surface area contributed by atoms with E-state index in [0.29, 0.717) is 12.4 Å². The summed E-state index contributed by atoms with van der Waals surface area (Å²) in [6.07, 6.45) is 7.98. The number of amides is 1. The maximum absolute atomic E-state index is 11.9. The molecule has 1 amide bonds. The standard InChI is InChI=1S/C17H15N5O/c23-16(9-8-14-5-2-1-3-6-14)20-11-15-7-4-10-19-17(15)22-13-18-12-21-22/h1-10,12-13H,11H2,(H,20,23)/b9-8+. The number of carbonyl (C=O) groups is 1. The minimum atomic E-state index is -0.165. The van der Waals surface area contributed by atoms with Crippen molar-refractivity contribution in [2.45, 2.75) is 6.54 Å². The molecule has 0 spiro atoms. The fourth-order valence-electron chi connectivity index (χ4n) is 2.07. The van der Waals surface area contributed by atoms with Gasteiger partial charge in [-0.2, -0.15) is 5.10 Å². The Hall–Kier alpha value is -3.28. The van der Waals surface area contributed by atoms with E-state index in [0.717, 1.165) is 11.1 Å². The van der Waals surface area contributed by atoms with E-state index >= 15 is 0 Å². The molecule has 3 rings (SSSR count). The van der Waals surface area contributed by atoms with E-state index in [1.54, 1.807) is 23.3 Å². The summed E-state index contributed by atoms with van der Waals surface area (Å²) in [7, 11) is 0. The van der Waals surface area contributed by atoms with Crippen LogP contribution in [0.3, 0.4) is 0 Å². The summed E-state index contributed by atoms with van der Waals surface area (Å²) < 4.78 is 1.57. The van der Waals surface area contributed by atoms with Crippen molar-refractivity contribution in [3.8, 4) is 5.82 Å². The molecule has 0 atom stereocenters. The summed E-state index contributed by atoms with van der Waals surface area (Å²) in [6, 6.07) is 13.4. The molecule has 0 aliphatic heterocycles. The van der Waals surface area contributed by atoms with Crippen molar-refractivity contribution in [3.63, 3.8) is 0 Å². The molecule has 0 saturated carbocycles. The molecule has 1 N–H and O–H groups in total. The lowest BCUT2D eigenvalue weighted by atomic mass is 10.2. The van der Waals surface area contributed by atoms with Crippen LogP contribution in [0.5, 0.6) is 0 Å². The number of carbonyl (C=O) groups excluding carboxylic acids is 1. The van der Waals surface area contributed by atoms with Gasteiger partial charge >= 0.3 is 0 Å². The van der Waals surface area contributed by atoms with Gasteiger partial charge in [0.2, 0.25) is 5.91 Å². The largest absolute Gasteiger partial charge is 0.348 e. The summed E-state index contributed by atoms with van der Waals surface area (Å²) in [5, 5.41) is 6.91. The van der Waals surface area contributed by atoms with Gasteiger partial charge in [-0.3, -0.25) is 4.79 Å². The number of benzene rings is 1. The molecular formula is C17H15N5O. The van der Waals surface area contributed by atoms with Crippen LogP contribution >= 0.6 is 0 Å². The summed E-state index contributed by atoms with van der Waals surface area (Å²) in [4.78, 5) is 20.1. The van der Waals surface area contributed by atoms with Crippen molar-refractivity contribution in [2.24, 2.45) is 0 Å². The first-order valence-corrected chi connectivity index (χ1v) is 7.13. The summed E-state index contributed by atoms with van der Waals surface area (Å²) >= 11 is 0. The third kappa shape index (κ3) is 3.88. The SMILES string of the molecule is O=C(/C=C/c1ccccc1)NCc1cccnc1-n1cncn1. The van der Waals surface area contributed by atoms with Gasteiger partial charge in [0, 0.05) is 24.4 Å². The van der Waals surface area contributed by atoms with Crippen LogP contribution in [0.1, 0.15) is 11.1 Å². The molecule has 1 aromatic carbocycles. The average molecular weight is 305 g/mol. The third-order valence-electron chi connectivity index (χ3n) is 3.18. The Morgan fingerprint density at radius 1 is 1.17 bits per heavy atom. The molecule has 23 heavy (non-hydrogen) atoms. The molecule has 6 nitrogen and oxygen atoms in total. The van der Waals surface area contributed by atoms with Gasteiger partial charge in [-0.15, -0.1) is 0 Å². The molecule has 2 aromatic heterocycles. The van der Waals surface area contributed by atoms with Gasteiger partial charge in [-0.05, 0) is 17.7 Å². The number of hydrogen-bond acceptors (Lipinski definition) is 4. The lowest BCUT2D eigenvalue weighted by Gasteiger charge is -2.08. The normalized spacial score (nSPS) is 10.8. The number of hydrogen-bond donors (Lipinski definition) is 1. The van der Waals surface area contributed by atoms with Crippen LogP contribution in [0, 0.1) is 0 Å². The number of nitrogens with one attached hydrogen (secondary N) is 1. The molecule has 2 heterocycles. The molecule has 0 bridgehead atoms. The van der Waals surface area contributed by atoms with E-state index in [1.165, 1.54) is 12.4 Å². The Kier molecular flexibility index (Phi) is 4.54. The Bertz CT molecular complexity index is 797. The molecule has 3 aromatic rings. The van der Waals surface area contributed by atoms with Crippen molar-refractivity contribution < 1.29 is 4.79 Å². The second-order valence-electron chi connectivity index (χ2n) is 4.79. The first kappa shape index (κ1) is 14.6. The molecule has 6 heteroatoms. The van der Waals surface area contributed by atoms with Crippen molar-refractivity contribution in [2.75, 3.05) is 0 Å². The first-order chi connectivity index (χ1) is 11.3. The smallest absolute Gasteiger partial charge is 0.244 e. The topological polar surface area (TPSA) is 72.7 Å². The van der Waals surface area contributed by atoms with Crippen LogP contribution < -0.4 is 5.32 Å². The highest BCUT2D eigenvalue weighted by molar-refractivity contribution is 5.91. The molecule has 0 fully saturated rings. The van der Waals surface area contributed by atoms with E-state index in [2.05, 4.69) is 20.4 Å². The number of nitrogens with zero attached hydrogens (tertiary/aromatic N) is 4. The van der Waals surface area contributed by atoms with Crippen LogP contribution in [0.15, 0.2) is 67.4 Å². The van der Waals surface area contributed by atoms with Gasteiger partial charge < -0.3 is 5.32 Å². The molecular weight excluding hydrogens is 290 g/mol. The predicted octanol–water partition coefficient (Wildman–Crippen LogP) is 1.99. The zero-order valence-corrected chi connectivity index (χ0v) is 12.3. The van der Waals surface area contributed by atoms with E-state index < -0.39 is 0 Å². The Balaban J connectivity index is 1.65. The van der Waals surface area contributed by atoms with Gasteiger partial charge in [0.05, 0.1) is 0 Å². The highest BCUT2D eigenvalue weighted by Gasteiger charge is 2.07. The third-order valence-corrected chi connectivity index (χ3v) is 3.18. The van der Waals surface area contributed by atoms with E-state index in [4.69, 9.17) is 0 Å². The van der Waals surface area contributed by atoms with Gasteiger partial charge in [0.1, 0.15) is 12.7 Å². The Labute approximate surface area is 133 Å². The minimum Gasteiger partial charge on any atom is -0.348 e. The second kappa shape index (κ2) is 7.13. The summed E-state index contributed by atoms with van der Waals surface area (Å²) in [5.41, 5.74) is 1.84. The lowest BCUT2D eigenvalue weighted by molar-refractivity contribution is -0.116. The monoisotopic (exact) mass is 305 g/mol. The summed E-state index contributed by atoms with van der Waals surface area (Å²) in [6.45, 7) is 0.362. The molecule has 0 aliphatic carbocycles. The maximum Gasteiger partial charge on any atom is 0.244 e. The van der Waals surface area contributed by atoms with Crippen molar-refractivity contribution in [1.82, 2.24) is 25.1 Å². The first-order valence-electron chi connectivity index (χ1n) is 7.13. The van der Waals surface area contributed by atoms with Gasteiger partial charge in [-0.1, -0.05) is 36.4 Å². The Morgan fingerprint density at radius 3 is 2.83 bits per heavy atom. The fourth-order valence-corrected chi connectivity index (χ4v) is 2.07. The van der Waals surface area contributed by atoms with Crippen LogP contribution in [-0.2, 0) is 11.3 Å². The van der Waals surface area contributed by atoms with Gasteiger partial charge in [-0.25, -0.2) is 14.6 Å². The zero-order chi connectivity index (χ0) is 15.9. The zero-order valence-electron chi connectivity index (χ0n) is 12.3. The van der Waals surface area contributed by atoms with Crippen LogP contribution in [0.2, 0.25) is 0 Å². The highest BCUT2D eigenvalue weighted by Crippen LogP contribution is 2.09. The minimum absolute atomic E-state index is 0.165. The molecule has 0 aliphatic rings. The second-order valence-corrected chi connectivity index (χ2v) is 4.79. The molecule has 114 valence electrons. The van der Waals surface area contributed by atoms with E-state index in [9.17, 15) is 4.79 Å². The van der Waals surface area contributed by atoms with E-state index in [1.807, 2.05) is 42.5 Å². The molecule has 0 saturated heterocycles.